The smallest absolute Gasteiger partial charge is 0.262 e. The lowest BCUT2D eigenvalue weighted by Crippen LogP contribution is -2.20. The number of ketones is 1. The van der Waals surface area contributed by atoms with E-state index in [1.54, 1.807) is 61.7 Å². The Kier molecular flexibility index (Phi) is 6.79. The van der Waals surface area contributed by atoms with Crippen molar-refractivity contribution in [2.75, 3.05) is 19.0 Å². The number of anilines is 1. The van der Waals surface area contributed by atoms with Gasteiger partial charge in [-0.1, -0.05) is 48.5 Å². The molecule has 3 aromatic rings. The van der Waals surface area contributed by atoms with Gasteiger partial charge in [0.25, 0.3) is 5.91 Å². The number of carbonyl (C=O) groups excluding carboxylic acids is 2. The molecular formula is C24H21NO4. The summed E-state index contributed by atoms with van der Waals surface area (Å²) in [4.78, 5) is 24.1. The van der Waals surface area contributed by atoms with Crippen LogP contribution in [0.1, 0.15) is 15.9 Å². The van der Waals surface area contributed by atoms with Gasteiger partial charge < -0.3 is 14.8 Å². The van der Waals surface area contributed by atoms with Crippen molar-refractivity contribution in [3.63, 3.8) is 0 Å². The standard InChI is InChI=1S/C24H21NO4/c1-28-21-14-10-20(11-15-21)25-24(27)17-29-22-12-7-18(8-13-22)9-16-23(26)19-5-3-2-4-6-19/h2-16H,17H2,1H3,(H,25,27)/b16-9+. The molecule has 0 aliphatic rings. The Bertz CT molecular complexity index is 978. The van der Waals surface area contributed by atoms with Gasteiger partial charge in [-0.3, -0.25) is 9.59 Å². The molecule has 0 aromatic heterocycles. The predicted octanol–water partition coefficient (Wildman–Crippen LogP) is 4.61. The maximum atomic E-state index is 12.1. The molecule has 5 heteroatoms. The number of allylic oxidation sites excluding steroid dienone is 1. The normalized spacial score (nSPS) is 10.5. The molecule has 29 heavy (non-hydrogen) atoms. The van der Waals surface area contributed by atoms with Gasteiger partial charge in [-0.05, 0) is 48.0 Å². The number of hydrogen-bond acceptors (Lipinski definition) is 4. The lowest BCUT2D eigenvalue weighted by atomic mass is 10.1. The number of benzene rings is 3. The van der Waals surface area contributed by atoms with E-state index in [0.29, 0.717) is 17.0 Å². The Balaban J connectivity index is 1.49. The van der Waals surface area contributed by atoms with Gasteiger partial charge in [-0.2, -0.15) is 0 Å². The van der Waals surface area contributed by atoms with Crippen LogP contribution in [0.5, 0.6) is 11.5 Å². The topological polar surface area (TPSA) is 64.6 Å². The largest absolute Gasteiger partial charge is 0.497 e. The molecule has 0 bridgehead atoms. The highest BCUT2D eigenvalue weighted by atomic mass is 16.5. The number of hydrogen-bond donors (Lipinski definition) is 1. The summed E-state index contributed by atoms with van der Waals surface area (Å²) in [6, 6.07) is 23.3. The van der Waals surface area contributed by atoms with Crippen LogP contribution in [-0.2, 0) is 4.79 Å². The van der Waals surface area contributed by atoms with Crippen molar-refractivity contribution in [1.82, 2.24) is 0 Å². The Morgan fingerprint density at radius 2 is 1.52 bits per heavy atom. The minimum atomic E-state index is -0.257. The number of nitrogens with one attached hydrogen (secondary N) is 1. The van der Waals surface area contributed by atoms with Gasteiger partial charge in [0, 0.05) is 11.3 Å². The van der Waals surface area contributed by atoms with Crippen LogP contribution in [0.15, 0.2) is 84.9 Å². The van der Waals surface area contributed by atoms with E-state index < -0.39 is 0 Å². The molecule has 5 nitrogen and oxygen atoms in total. The first-order valence-corrected chi connectivity index (χ1v) is 9.08. The Hall–Kier alpha value is -3.86. The molecule has 0 fully saturated rings. The summed E-state index contributed by atoms with van der Waals surface area (Å²) in [6.07, 6.45) is 3.28. The van der Waals surface area contributed by atoms with E-state index in [0.717, 1.165) is 11.3 Å². The zero-order valence-corrected chi connectivity index (χ0v) is 16.0. The fourth-order valence-corrected chi connectivity index (χ4v) is 2.57. The lowest BCUT2D eigenvalue weighted by molar-refractivity contribution is -0.118. The summed E-state index contributed by atoms with van der Waals surface area (Å²) < 4.78 is 10.6. The van der Waals surface area contributed by atoms with Gasteiger partial charge >= 0.3 is 0 Å². The third kappa shape index (κ3) is 6.07. The predicted molar refractivity (Wildman–Crippen MR) is 113 cm³/mol. The molecule has 0 spiro atoms. The van der Waals surface area contributed by atoms with Crippen LogP contribution in [0, 0.1) is 0 Å². The van der Waals surface area contributed by atoms with Crippen molar-refractivity contribution in [1.29, 1.82) is 0 Å². The van der Waals surface area contributed by atoms with Crippen LogP contribution in [-0.4, -0.2) is 25.4 Å². The van der Waals surface area contributed by atoms with Crippen molar-refractivity contribution in [2.45, 2.75) is 0 Å². The van der Waals surface area contributed by atoms with Crippen molar-refractivity contribution in [3.8, 4) is 11.5 Å². The Labute approximate surface area is 169 Å². The van der Waals surface area contributed by atoms with E-state index in [1.807, 2.05) is 30.3 Å². The quantitative estimate of drug-likeness (QED) is 0.453. The second kappa shape index (κ2) is 9.90. The average molecular weight is 387 g/mol. The van der Waals surface area contributed by atoms with Crippen molar-refractivity contribution in [3.05, 3.63) is 96.1 Å². The summed E-state index contributed by atoms with van der Waals surface area (Å²) in [5.41, 5.74) is 2.18. The molecule has 0 aliphatic heterocycles. The fraction of sp³-hybridized carbons (Fsp3) is 0.0833. The van der Waals surface area contributed by atoms with Crippen molar-refractivity contribution >= 4 is 23.5 Å². The summed E-state index contributed by atoms with van der Waals surface area (Å²) in [7, 11) is 1.59. The molecule has 0 saturated carbocycles. The first kappa shape index (κ1) is 19.9. The van der Waals surface area contributed by atoms with Gasteiger partial charge in [0.05, 0.1) is 7.11 Å². The van der Waals surface area contributed by atoms with Crippen LogP contribution < -0.4 is 14.8 Å². The monoisotopic (exact) mass is 387 g/mol. The maximum absolute atomic E-state index is 12.1. The highest BCUT2D eigenvalue weighted by Crippen LogP contribution is 2.16. The zero-order chi connectivity index (χ0) is 20.5. The number of carbonyl (C=O) groups is 2. The van der Waals surface area contributed by atoms with Crippen molar-refractivity contribution < 1.29 is 19.1 Å². The first-order chi connectivity index (χ1) is 14.1. The highest BCUT2D eigenvalue weighted by Gasteiger charge is 2.04. The summed E-state index contributed by atoms with van der Waals surface area (Å²) >= 11 is 0. The summed E-state index contributed by atoms with van der Waals surface area (Å²) in [6.45, 7) is -0.103. The first-order valence-electron chi connectivity index (χ1n) is 9.08. The molecule has 0 aliphatic carbocycles. The molecule has 3 aromatic carbocycles. The van der Waals surface area contributed by atoms with Crippen LogP contribution in [0.3, 0.4) is 0 Å². The number of methoxy groups -OCH3 is 1. The highest BCUT2D eigenvalue weighted by molar-refractivity contribution is 6.06. The van der Waals surface area contributed by atoms with E-state index in [1.165, 1.54) is 6.08 Å². The molecule has 0 atom stereocenters. The second-order valence-electron chi connectivity index (χ2n) is 6.20. The SMILES string of the molecule is COc1ccc(NC(=O)COc2ccc(/C=C/C(=O)c3ccccc3)cc2)cc1. The van der Waals surface area contributed by atoms with Gasteiger partial charge in [0.1, 0.15) is 11.5 Å². The van der Waals surface area contributed by atoms with Gasteiger partial charge in [-0.15, -0.1) is 0 Å². The van der Waals surface area contributed by atoms with Gasteiger partial charge in [-0.25, -0.2) is 0 Å². The van der Waals surface area contributed by atoms with E-state index in [2.05, 4.69) is 5.32 Å². The Morgan fingerprint density at radius 1 is 0.862 bits per heavy atom. The van der Waals surface area contributed by atoms with Crippen molar-refractivity contribution in [2.24, 2.45) is 0 Å². The van der Waals surface area contributed by atoms with E-state index in [9.17, 15) is 9.59 Å². The molecule has 1 amide bonds. The maximum Gasteiger partial charge on any atom is 0.262 e. The number of ether oxygens (including phenoxy) is 2. The second-order valence-corrected chi connectivity index (χ2v) is 6.20. The summed E-state index contributed by atoms with van der Waals surface area (Å²) in [5.74, 6) is 0.981. The minimum Gasteiger partial charge on any atom is -0.497 e. The molecule has 0 heterocycles. The molecule has 3 rings (SSSR count). The molecule has 0 unspecified atom stereocenters. The van der Waals surface area contributed by atoms with E-state index in [-0.39, 0.29) is 18.3 Å². The zero-order valence-electron chi connectivity index (χ0n) is 16.0. The van der Waals surface area contributed by atoms with Gasteiger partial charge in [0.15, 0.2) is 12.4 Å². The summed E-state index contributed by atoms with van der Waals surface area (Å²) in [5, 5.41) is 2.76. The molecule has 146 valence electrons. The van der Waals surface area contributed by atoms with Crippen LogP contribution in [0.2, 0.25) is 0 Å². The molecule has 1 N–H and O–H groups in total. The number of amides is 1. The Morgan fingerprint density at radius 3 is 2.17 bits per heavy atom. The van der Waals surface area contributed by atoms with Crippen LogP contribution in [0.4, 0.5) is 5.69 Å². The van der Waals surface area contributed by atoms with E-state index >= 15 is 0 Å². The molecule has 0 saturated heterocycles. The average Bonchev–Trinajstić information content (AvgIpc) is 2.78. The van der Waals surface area contributed by atoms with Gasteiger partial charge in [0.2, 0.25) is 0 Å². The molecular weight excluding hydrogens is 366 g/mol. The van der Waals surface area contributed by atoms with Crippen LogP contribution >= 0.6 is 0 Å². The third-order valence-corrected chi connectivity index (χ3v) is 4.11. The third-order valence-electron chi connectivity index (χ3n) is 4.11. The fourth-order valence-electron chi connectivity index (χ4n) is 2.57. The van der Waals surface area contributed by atoms with E-state index in [4.69, 9.17) is 9.47 Å². The minimum absolute atomic E-state index is 0.0545. The lowest BCUT2D eigenvalue weighted by Gasteiger charge is -2.08. The molecule has 0 radical (unpaired) electrons. The van der Waals surface area contributed by atoms with Crippen LogP contribution in [0.25, 0.3) is 6.08 Å². The number of rotatable bonds is 8.